The molecule has 8 heteroatoms. The second kappa shape index (κ2) is 11.8. The fraction of sp³-hybridized carbons (Fsp3) is 0.600. The zero-order valence-electron chi connectivity index (χ0n) is 15.8. The number of hydrogen-bond donors (Lipinski definition) is 4. The molecule has 156 valence electrons. The fourth-order valence-corrected chi connectivity index (χ4v) is 4.15. The first-order valence-corrected chi connectivity index (χ1v) is 10.5. The third kappa shape index (κ3) is 7.61. The topological polar surface area (TPSA) is 116 Å². The lowest BCUT2D eigenvalue weighted by Crippen LogP contribution is -2.32. The van der Waals surface area contributed by atoms with E-state index in [0.717, 1.165) is 6.42 Å². The third-order valence-corrected chi connectivity index (χ3v) is 5.92. The van der Waals surface area contributed by atoms with E-state index >= 15 is 0 Å². The lowest BCUT2D eigenvalue weighted by Gasteiger charge is -2.22. The Morgan fingerprint density at radius 3 is 2.75 bits per heavy atom. The van der Waals surface area contributed by atoms with Gasteiger partial charge in [0, 0.05) is 23.8 Å². The van der Waals surface area contributed by atoms with Gasteiger partial charge in [0.05, 0.1) is 18.8 Å². The number of unbranched alkanes of at least 4 members (excludes halogenated alkanes) is 1. The minimum atomic E-state index is -0.811. The summed E-state index contributed by atoms with van der Waals surface area (Å²) in [6.07, 6.45) is 4.86. The van der Waals surface area contributed by atoms with E-state index in [1.54, 1.807) is 11.3 Å². The average Bonchev–Trinajstić information content (AvgIpc) is 3.24. The number of carboxylic acids is 1. The van der Waals surface area contributed by atoms with Gasteiger partial charge in [-0.3, -0.25) is 4.79 Å². The normalized spacial score (nSPS) is 24.5. The van der Waals surface area contributed by atoms with Crippen molar-refractivity contribution >= 4 is 23.4 Å². The zero-order chi connectivity index (χ0) is 20.4. The molecule has 1 saturated carbocycles. The summed E-state index contributed by atoms with van der Waals surface area (Å²) in [5, 5.41) is 33.7. The Morgan fingerprint density at radius 1 is 1.25 bits per heavy atom. The molecule has 1 fully saturated rings. The molecule has 0 aliphatic heterocycles. The van der Waals surface area contributed by atoms with E-state index in [4.69, 9.17) is 9.84 Å². The maximum absolute atomic E-state index is 11.9. The minimum absolute atomic E-state index is 0.0561. The van der Waals surface area contributed by atoms with Crippen LogP contribution in [-0.2, 0) is 16.0 Å². The number of rotatable bonds is 11. The summed E-state index contributed by atoms with van der Waals surface area (Å²) in [6.45, 7) is 0.540. The van der Waals surface area contributed by atoms with Gasteiger partial charge in [-0.2, -0.15) is 0 Å². The molecule has 2 unspecified atom stereocenters. The predicted octanol–water partition coefficient (Wildman–Crippen LogP) is 2.58. The van der Waals surface area contributed by atoms with Gasteiger partial charge < -0.3 is 25.4 Å². The van der Waals surface area contributed by atoms with Crippen molar-refractivity contribution in [3.8, 4) is 0 Å². The molecule has 0 bridgehead atoms. The molecular weight excluding hydrogens is 382 g/mol. The van der Waals surface area contributed by atoms with Gasteiger partial charge in [0.1, 0.15) is 0 Å². The summed E-state index contributed by atoms with van der Waals surface area (Å²) in [6, 6.07) is 3.97. The first-order chi connectivity index (χ1) is 13.5. The second-order valence-electron chi connectivity index (χ2n) is 7.05. The van der Waals surface area contributed by atoms with Crippen LogP contribution in [0.3, 0.4) is 0 Å². The molecular formula is C20H29NO6S. The Kier molecular flexibility index (Phi) is 9.46. The standard InChI is InChI=1S/C20H29NO6S/c22-17-12-18(23)16(15(17)7-3-1-2-4-8-19(24)25)13-27-20(26)21-10-9-14-6-5-11-28-14/h1,3,5-6,11,15-18,22-23H,2,4,7-10,12-13H2,(H,21,26)(H,24,25)/t15-,16-,17?,18?/m1/s1. The van der Waals surface area contributed by atoms with Gasteiger partial charge >= 0.3 is 12.1 Å². The lowest BCUT2D eigenvalue weighted by atomic mass is 9.91. The fourth-order valence-electron chi connectivity index (χ4n) is 3.44. The van der Waals surface area contributed by atoms with Gasteiger partial charge in [0.25, 0.3) is 0 Å². The van der Waals surface area contributed by atoms with E-state index in [-0.39, 0.29) is 31.3 Å². The maximum Gasteiger partial charge on any atom is 0.407 e. The highest BCUT2D eigenvalue weighted by Gasteiger charge is 2.41. The highest BCUT2D eigenvalue weighted by Crippen LogP contribution is 2.35. The van der Waals surface area contributed by atoms with Crippen molar-refractivity contribution in [2.24, 2.45) is 11.8 Å². The summed E-state index contributed by atoms with van der Waals surface area (Å²) in [4.78, 5) is 23.5. The van der Waals surface area contributed by atoms with Crippen LogP contribution in [0.4, 0.5) is 4.79 Å². The van der Waals surface area contributed by atoms with E-state index in [9.17, 15) is 19.8 Å². The second-order valence-corrected chi connectivity index (χ2v) is 8.08. The Labute approximate surface area is 169 Å². The van der Waals surface area contributed by atoms with Crippen LogP contribution in [-0.4, -0.2) is 52.7 Å². The van der Waals surface area contributed by atoms with Gasteiger partial charge in [-0.15, -0.1) is 11.3 Å². The first kappa shape index (κ1) is 22.4. The number of aliphatic hydroxyl groups is 2. The van der Waals surface area contributed by atoms with Gasteiger partial charge in [-0.1, -0.05) is 18.2 Å². The largest absolute Gasteiger partial charge is 0.481 e. The van der Waals surface area contributed by atoms with Crippen molar-refractivity contribution in [2.75, 3.05) is 13.2 Å². The summed E-state index contributed by atoms with van der Waals surface area (Å²) >= 11 is 1.63. The summed E-state index contributed by atoms with van der Waals surface area (Å²) in [5.41, 5.74) is 0. The van der Waals surface area contributed by atoms with E-state index in [1.807, 2.05) is 29.7 Å². The zero-order valence-corrected chi connectivity index (χ0v) is 16.6. The number of amides is 1. The molecule has 2 rings (SSSR count). The SMILES string of the molecule is O=C(O)CCCC=CC[C@H]1C(O)CC(O)[C@@H]1COC(=O)NCCc1cccs1. The monoisotopic (exact) mass is 411 g/mol. The lowest BCUT2D eigenvalue weighted by molar-refractivity contribution is -0.137. The molecule has 0 radical (unpaired) electrons. The number of aliphatic hydroxyl groups excluding tert-OH is 2. The van der Waals surface area contributed by atoms with Crippen LogP contribution in [0, 0.1) is 11.8 Å². The maximum atomic E-state index is 11.9. The van der Waals surface area contributed by atoms with Crippen LogP contribution in [0.15, 0.2) is 29.7 Å². The van der Waals surface area contributed by atoms with Crippen molar-refractivity contribution in [3.63, 3.8) is 0 Å². The number of nitrogens with one attached hydrogen (secondary N) is 1. The van der Waals surface area contributed by atoms with Crippen molar-refractivity contribution in [1.82, 2.24) is 5.32 Å². The summed E-state index contributed by atoms with van der Waals surface area (Å²) in [7, 11) is 0. The Morgan fingerprint density at radius 2 is 2.04 bits per heavy atom. The van der Waals surface area contributed by atoms with E-state index in [2.05, 4.69) is 5.32 Å². The highest BCUT2D eigenvalue weighted by atomic mass is 32.1. The number of ether oxygens (including phenoxy) is 1. The number of allylic oxidation sites excluding steroid dienone is 2. The number of aliphatic carboxylic acids is 1. The molecule has 1 aromatic heterocycles. The van der Waals surface area contributed by atoms with Crippen molar-refractivity contribution in [1.29, 1.82) is 0 Å². The number of alkyl carbamates (subject to hydrolysis) is 1. The molecule has 1 aromatic rings. The van der Waals surface area contributed by atoms with Crippen molar-refractivity contribution < 1.29 is 29.6 Å². The van der Waals surface area contributed by atoms with Crippen molar-refractivity contribution in [3.05, 3.63) is 34.5 Å². The average molecular weight is 412 g/mol. The smallest absolute Gasteiger partial charge is 0.407 e. The Balaban J connectivity index is 1.70. The van der Waals surface area contributed by atoms with Crippen LogP contribution in [0.5, 0.6) is 0 Å². The Hall–Kier alpha value is -1.90. The van der Waals surface area contributed by atoms with E-state index < -0.39 is 24.3 Å². The molecule has 1 aliphatic rings. The minimum Gasteiger partial charge on any atom is -0.481 e. The number of carbonyl (C=O) groups excluding carboxylic acids is 1. The number of carbonyl (C=O) groups is 2. The molecule has 1 aliphatic carbocycles. The number of hydrogen-bond acceptors (Lipinski definition) is 6. The van der Waals surface area contributed by atoms with Gasteiger partial charge in [-0.25, -0.2) is 4.79 Å². The molecule has 28 heavy (non-hydrogen) atoms. The van der Waals surface area contributed by atoms with Crippen LogP contribution < -0.4 is 5.32 Å². The molecule has 7 nitrogen and oxygen atoms in total. The van der Waals surface area contributed by atoms with Gasteiger partial charge in [-0.05, 0) is 49.5 Å². The molecule has 4 N–H and O–H groups in total. The van der Waals surface area contributed by atoms with Gasteiger partial charge in [0.2, 0.25) is 0 Å². The molecule has 0 saturated heterocycles. The number of thiophene rings is 1. The molecule has 0 spiro atoms. The van der Waals surface area contributed by atoms with E-state index in [0.29, 0.717) is 25.8 Å². The highest BCUT2D eigenvalue weighted by molar-refractivity contribution is 7.09. The quantitative estimate of drug-likeness (QED) is 0.329. The summed E-state index contributed by atoms with van der Waals surface area (Å²) < 4.78 is 5.26. The van der Waals surface area contributed by atoms with Crippen LogP contribution in [0.1, 0.15) is 37.0 Å². The Bertz CT molecular complexity index is 633. The molecule has 1 heterocycles. The molecule has 1 amide bonds. The first-order valence-electron chi connectivity index (χ1n) is 9.63. The number of carboxylic acid groups (broad SMARTS) is 1. The van der Waals surface area contributed by atoms with Crippen molar-refractivity contribution in [2.45, 2.75) is 50.7 Å². The van der Waals surface area contributed by atoms with Crippen LogP contribution in [0.2, 0.25) is 0 Å². The third-order valence-electron chi connectivity index (χ3n) is 4.99. The molecule has 0 aromatic carbocycles. The van der Waals surface area contributed by atoms with Crippen LogP contribution >= 0.6 is 11.3 Å². The molecule has 4 atom stereocenters. The van der Waals surface area contributed by atoms with E-state index in [1.165, 1.54) is 4.88 Å². The predicted molar refractivity (Wildman–Crippen MR) is 106 cm³/mol. The summed E-state index contributed by atoms with van der Waals surface area (Å²) in [5.74, 6) is -1.32. The van der Waals surface area contributed by atoms with Crippen LogP contribution in [0.25, 0.3) is 0 Å². The van der Waals surface area contributed by atoms with Gasteiger partial charge in [0.15, 0.2) is 0 Å².